The van der Waals surface area contributed by atoms with E-state index in [2.05, 4.69) is 4.74 Å². The standard InChI is InChI=1S/C15H16F2O3/c1-3-9-4-5-11-12(6-9)10(7-13(18)20-2)8-15(16,17)14(11)19/h4-6,10H,3,7-8H2,1-2H3. The molecule has 2 rings (SSSR count). The van der Waals surface area contributed by atoms with Crippen LogP contribution in [0.4, 0.5) is 8.78 Å². The number of carbonyl (C=O) groups excluding carboxylic acids is 2. The Kier molecular flexibility index (Phi) is 3.88. The number of carbonyl (C=O) groups is 2. The van der Waals surface area contributed by atoms with Crippen molar-refractivity contribution in [2.75, 3.05) is 7.11 Å². The van der Waals surface area contributed by atoms with Crippen LogP contribution in [-0.2, 0) is 16.0 Å². The van der Waals surface area contributed by atoms with Crippen molar-refractivity contribution in [3.8, 4) is 0 Å². The smallest absolute Gasteiger partial charge is 0.310 e. The number of aryl methyl sites for hydroxylation is 1. The zero-order valence-electron chi connectivity index (χ0n) is 11.4. The molecule has 0 aromatic heterocycles. The predicted octanol–water partition coefficient (Wildman–Crippen LogP) is 3.12. The van der Waals surface area contributed by atoms with Crippen LogP contribution in [0.3, 0.4) is 0 Å². The van der Waals surface area contributed by atoms with Crippen molar-refractivity contribution >= 4 is 11.8 Å². The van der Waals surface area contributed by atoms with E-state index in [-0.39, 0.29) is 12.0 Å². The molecule has 0 radical (unpaired) electrons. The Bertz CT molecular complexity index is 552. The van der Waals surface area contributed by atoms with Gasteiger partial charge in [0.15, 0.2) is 0 Å². The minimum absolute atomic E-state index is 0.0207. The van der Waals surface area contributed by atoms with Crippen LogP contribution in [0.2, 0.25) is 0 Å². The third-order valence-corrected chi connectivity index (χ3v) is 3.68. The lowest BCUT2D eigenvalue weighted by Gasteiger charge is -2.30. The van der Waals surface area contributed by atoms with E-state index in [9.17, 15) is 18.4 Å². The summed E-state index contributed by atoms with van der Waals surface area (Å²) in [5.74, 6) is -5.81. The Hall–Kier alpha value is -1.78. The zero-order valence-corrected chi connectivity index (χ0v) is 11.4. The molecule has 0 heterocycles. The van der Waals surface area contributed by atoms with Crippen molar-refractivity contribution in [3.05, 3.63) is 34.9 Å². The molecular weight excluding hydrogens is 266 g/mol. The van der Waals surface area contributed by atoms with Crippen LogP contribution in [0.5, 0.6) is 0 Å². The van der Waals surface area contributed by atoms with E-state index in [1.54, 1.807) is 12.1 Å². The number of benzene rings is 1. The Labute approximate surface area is 115 Å². The molecule has 0 saturated carbocycles. The van der Waals surface area contributed by atoms with E-state index < -0.39 is 30.0 Å². The summed E-state index contributed by atoms with van der Waals surface area (Å²) in [7, 11) is 1.22. The summed E-state index contributed by atoms with van der Waals surface area (Å²) in [6.45, 7) is 1.94. The zero-order chi connectivity index (χ0) is 14.9. The van der Waals surface area contributed by atoms with Crippen LogP contribution < -0.4 is 0 Å². The summed E-state index contributed by atoms with van der Waals surface area (Å²) in [5, 5.41) is 0. The Morgan fingerprint density at radius 3 is 2.75 bits per heavy atom. The molecule has 5 heteroatoms. The highest BCUT2D eigenvalue weighted by Crippen LogP contribution is 2.42. The van der Waals surface area contributed by atoms with Gasteiger partial charge in [-0.15, -0.1) is 0 Å². The third kappa shape index (κ3) is 2.57. The molecular formula is C15H16F2O3. The molecule has 3 nitrogen and oxygen atoms in total. The van der Waals surface area contributed by atoms with Gasteiger partial charge in [0.25, 0.3) is 0 Å². The van der Waals surface area contributed by atoms with Crippen molar-refractivity contribution in [1.82, 2.24) is 0 Å². The molecule has 1 atom stereocenters. The number of ketones is 1. The fraction of sp³-hybridized carbons (Fsp3) is 0.467. The number of halogens is 2. The minimum Gasteiger partial charge on any atom is -0.469 e. The average Bonchev–Trinajstić information content (AvgIpc) is 2.43. The molecule has 108 valence electrons. The monoisotopic (exact) mass is 282 g/mol. The van der Waals surface area contributed by atoms with E-state index in [1.165, 1.54) is 13.2 Å². The Morgan fingerprint density at radius 1 is 1.45 bits per heavy atom. The molecule has 1 aliphatic rings. The molecule has 0 fully saturated rings. The average molecular weight is 282 g/mol. The molecule has 0 N–H and O–H groups in total. The highest BCUT2D eigenvalue weighted by molar-refractivity contribution is 6.04. The first-order valence-electron chi connectivity index (χ1n) is 6.51. The maximum atomic E-state index is 13.8. The van der Waals surface area contributed by atoms with Gasteiger partial charge in [-0.3, -0.25) is 9.59 Å². The van der Waals surface area contributed by atoms with Gasteiger partial charge in [0.2, 0.25) is 5.78 Å². The predicted molar refractivity (Wildman–Crippen MR) is 69.1 cm³/mol. The van der Waals surface area contributed by atoms with Gasteiger partial charge in [0.05, 0.1) is 13.5 Å². The summed E-state index contributed by atoms with van der Waals surface area (Å²) in [4.78, 5) is 23.2. The summed E-state index contributed by atoms with van der Waals surface area (Å²) in [5.41, 5.74) is 1.51. The second-order valence-electron chi connectivity index (χ2n) is 4.99. The SMILES string of the molecule is CCc1ccc2c(c1)C(CC(=O)OC)CC(F)(F)C2=O. The molecule has 0 saturated heterocycles. The lowest BCUT2D eigenvalue weighted by atomic mass is 9.77. The van der Waals surface area contributed by atoms with E-state index in [0.29, 0.717) is 5.56 Å². The first-order valence-corrected chi connectivity index (χ1v) is 6.51. The lowest BCUT2D eigenvalue weighted by Crippen LogP contribution is -2.37. The maximum absolute atomic E-state index is 13.8. The number of methoxy groups -OCH3 is 1. The minimum atomic E-state index is -3.42. The van der Waals surface area contributed by atoms with E-state index >= 15 is 0 Å². The number of hydrogen-bond acceptors (Lipinski definition) is 3. The lowest BCUT2D eigenvalue weighted by molar-refractivity contribution is -0.141. The molecule has 0 aliphatic heterocycles. The van der Waals surface area contributed by atoms with E-state index in [0.717, 1.165) is 12.0 Å². The van der Waals surface area contributed by atoms with Gasteiger partial charge in [-0.25, -0.2) is 0 Å². The number of Topliss-reactive ketones (excluding diaryl/α,β-unsaturated/α-hetero) is 1. The van der Waals surface area contributed by atoms with Crippen LogP contribution in [0.1, 0.15) is 47.2 Å². The number of hydrogen-bond donors (Lipinski definition) is 0. The number of esters is 1. The normalized spacial score (nSPS) is 20.4. The second kappa shape index (κ2) is 5.31. The highest BCUT2D eigenvalue weighted by Gasteiger charge is 2.47. The van der Waals surface area contributed by atoms with Gasteiger partial charge in [0, 0.05) is 17.9 Å². The summed E-state index contributed by atoms with van der Waals surface area (Å²) in [6, 6.07) is 4.86. The van der Waals surface area contributed by atoms with Gasteiger partial charge in [-0.1, -0.05) is 25.1 Å². The summed E-state index contributed by atoms with van der Waals surface area (Å²) >= 11 is 0. The molecule has 1 aliphatic carbocycles. The maximum Gasteiger partial charge on any atom is 0.310 e. The van der Waals surface area contributed by atoms with Crippen LogP contribution in [-0.4, -0.2) is 24.8 Å². The van der Waals surface area contributed by atoms with Gasteiger partial charge in [0.1, 0.15) is 0 Å². The van der Waals surface area contributed by atoms with Crippen molar-refractivity contribution in [2.45, 2.75) is 38.0 Å². The van der Waals surface area contributed by atoms with Crippen molar-refractivity contribution in [3.63, 3.8) is 0 Å². The molecule has 0 amide bonds. The molecule has 0 spiro atoms. The van der Waals surface area contributed by atoms with E-state index in [4.69, 9.17) is 0 Å². The number of alkyl halides is 2. The second-order valence-corrected chi connectivity index (χ2v) is 4.99. The molecule has 1 aromatic carbocycles. The molecule has 20 heavy (non-hydrogen) atoms. The fourth-order valence-corrected chi connectivity index (χ4v) is 2.55. The number of ether oxygens (including phenoxy) is 1. The number of rotatable bonds is 3. The van der Waals surface area contributed by atoms with Crippen molar-refractivity contribution < 1.29 is 23.1 Å². The Balaban J connectivity index is 2.47. The van der Waals surface area contributed by atoms with Gasteiger partial charge in [-0.05, 0) is 17.5 Å². The first kappa shape index (κ1) is 14.6. The molecule has 1 aromatic rings. The quantitative estimate of drug-likeness (QED) is 0.800. The van der Waals surface area contributed by atoms with Crippen LogP contribution in [0.25, 0.3) is 0 Å². The van der Waals surface area contributed by atoms with Crippen LogP contribution in [0, 0.1) is 0 Å². The van der Waals surface area contributed by atoms with Gasteiger partial charge in [-0.2, -0.15) is 8.78 Å². The molecule has 1 unspecified atom stereocenters. The summed E-state index contributed by atoms with van der Waals surface area (Å²) in [6.07, 6.45) is -0.0382. The van der Waals surface area contributed by atoms with Gasteiger partial charge >= 0.3 is 11.9 Å². The molecule has 0 bridgehead atoms. The largest absolute Gasteiger partial charge is 0.469 e. The van der Waals surface area contributed by atoms with Crippen LogP contribution in [0.15, 0.2) is 18.2 Å². The van der Waals surface area contributed by atoms with Crippen molar-refractivity contribution in [2.24, 2.45) is 0 Å². The highest BCUT2D eigenvalue weighted by atomic mass is 19.3. The van der Waals surface area contributed by atoms with Gasteiger partial charge < -0.3 is 4.74 Å². The van der Waals surface area contributed by atoms with Crippen LogP contribution >= 0.6 is 0 Å². The Morgan fingerprint density at radius 2 is 2.15 bits per heavy atom. The topological polar surface area (TPSA) is 43.4 Å². The first-order chi connectivity index (χ1) is 9.39. The summed E-state index contributed by atoms with van der Waals surface area (Å²) < 4.78 is 32.1. The van der Waals surface area contributed by atoms with E-state index in [1.807, 2.05) is 6.92 Å². The number of fused-ring (bicyclic) bond motifs is 1. The fourth-order valence-electron chi connectivity index (χ4n) is 2.55. The third-order valence-electron chi connectivity index (χ3n) is 3.68. The van der Waals surface area contributed by atoms with Crippen molar-refractivity contribution in [1.29, 1.82) is 0 Å².